The van der Waals surface area contributed by atoms with Gasteiger partial charge in [-0.3, -0.25) is 9.59 Å². The number of benzene rings is 3. The first kappa shape index (κ1) is 28.9. The summed E-state index contributed by atoms with van der Waals surface area (Å²) in [6.07, 6.45) is 0.728. The fraction of sp³-hybridized carbons (Fsp3) is 0.333. The highest BCUT2D eigenvalue weighted by Gasteiger charge is 2.30. The zero-order chi connectivity index (χ0) is 27.3. The van der Waals surface area contributed by atoms with E-state index in [0.29, 0.717) is 15.6 Å². The highest BCUT2D eigenvalue weighted by Crippen LogP contribution is 2.25. The number of carbonyl (C=O) groups excluding carboxylic acids is 2. The maximum Gasteiger partial charge on any atom is 0.243 e. The van der Waals surface area contributed by atoms with Crippen LogP contribution in [0.4, 0.5) is 0 Å². The zero-order valence-electron chi connectivity index (χ0n) is 21.2. The van der Waals surface area contributed by atoms with Crippen LogP contribution in [0.15, 0.2) is 65.6 Å². The second kappa shape index (κ2) is 12.3. The third kappa shape index (κ3) is 7.02. The molecule has 0 unspecified atom stereocenters. The Morgan fingerprint density at radius 1 is 0.946 bits per heavy atom. The molecular formula is C27H31Cl2N3O4S. The summed E-state index contributed by atoms with van der Waals surface area (Å²) in [4.78, 5) is 27.8. The van der Waals surface area contributed by atoms with Crippen LogP contribution in [-0.2, 0) is 26.2 Å². The largest absolute Gasteiger partial charge is 0.352 e. The molecule has 0 bridgehead atoms. The third-order valence-electron chi connectivity index (χ3n) is 6.29. The minimum atomic E-state index is -3.97. The quantitative estimate of drug-likeness (QED) is 0.371. The van der Waals surface area contributed by atoms with Crippen molar-refractivity contribution in [3.63, 3.8) is 0 Å². The molecule has 0 heterocycles. The number of fused-ring (bicyclic) bond motifs is 1. The molecule has 0 aliphatic carbocycles. The van der Waals surface area contributed by atoms with Gasteiger partial charge in [0.2, 0.25) is 21.8 Å². The van der Waals surface area contributed by atoms with Crippen LogP contribution in [-0.4, -0.2) is 55.1 Å². The highest BCUT2D eigenvalue weighted by atomic mass is 35.5. The van der Waals surface area contributed by atoms with Crippen molar-refractivity contribution in [2.75, 3.05) is 13.6 Å². The Balaban J connectivity index is 1.86. The Morgan fingerprint density at radius 2 is 1.62 bits per heavy atom. The van der Waals surface area contributed by atoms with E-state index in [-0.39, 0.29) is 23.4 Å². The van der Waals surface area contributed by atoms with Crippen LogP contribution in [0.25, 0.3) is 10.8 Å². The van der Waals surface area contributed by atoms with Crippen LogP contribution in [0.2, 0.25) is 10.0 Å². The number of nitrogens with zero attached hydrogens (tertiary/aromatic N) is 2. The van der Waals surface area contributed by atoms with Gasteiger partial charge in [0.05, 0.1) is 21.5 Å². The van der Waals surface area contributed by atoms with Crippen LogP contribution in [0.5, 0.6) is 0 Å². The number of rotatable bonds is 10. The molecule has 198 valence electrons. The predicted molar refractivity (Wildman–Crippen MR) is 148 cm³/mol. The summed E-state index contributed by atoms with van der Waals surface area (Å²) in [5, 5.41) is 5.26. The van der Waals surface area contributed by atoms with Crippen LogP contribution < -0.4 is 5.32 Å². The Kier molecular flexibility index (Phi) is 9.58. The highest BCUT2D eigenvalue weighted by molar-refractivity contribution is 7.89. The fourth-order valence-corrected chi connectivity index (χ4v) is 5.23. The van der Waals surface area contributed by atoms with E-state index in [1.807, 2.05) is 38.1 Å². The molecule has 3 rings (SSSR count). The van der Waals surface area contributed by atoms with E-state index in [0.717, 1.165) is 21.5 Å². The van der Waals surface area contributed by atoms with Gasteiger partial charge >= 0.3 is 0 Å². The van der Waals surface area contributed by atoms with Crippen LogP contribution in [0, 0.1) is 0 Å². The molecular weight excluding hydrogens is 533 g/mol. The summed E-state index contributed by atoms with van der Waals surface area (Å²) in [6, 6.07) is 16.3. The van der Waals surface area contributed by atoms with Crippen molar-refractivity contribution in [1.82, 2.24) is 14.5 Å². The number of hydrogen-bond donors (Lipinski definition) is 1. The molecule has 0 aliphatic rings. The van der Waals surface area contributed by atoms with E-state index in [9.17, 15) is 18.0 Å². The van der Waals surface area contributed by atoms with Crippen molar-refractivity contribution in [3.8, 4) is 0 Å². The Hall–Kier alpha value is -2.65. The summed E-state index contributed by atoms with van der Waals surface area (Å²) in [5.74, 6) is -0.854. The lowest BCUT2D eigenvalue weighted by molar-refractivity contribution is -0.140. The summed E-state index contributed by atoms with van der Waals surface area (Å²) in [7, 11) is -2.62. The molecule has 0 saturated carbocycles. The van der Waals surface area contributed by atoms with Gasteiger partial charge in [-0.05, 0) is 60.9 Å². The van der Waals surface area contributed by atoms with Gasteiger partial charge in [0, 0.05) is 19.6 Å². The second-order valence-electron chi connectivity index (χ2n) is 9.03. The lowest BCUT2D eigenvalue weighted by atomic mass is 10.1. The predicted octanol–water partition coefficient (Wildman–Crippen LogP) is 5.10. The van der Waals surface area contributed by atoms with Crippen molar-refractivity contribution < 1.29 is 18.0 Å². The van der Waals surface area contributed by atoms with Crippen molar-refractivity contribution in [1.29, 1.82) is 0 Å². The Morgan fingerprint density at radius 3 is 2.27 bits per heavy atom. The Labute approximate surface area is 228 Å². The van der Waals surface area contributed by atoms with Gasteiger partial charge in [-0.25, -0.2) is 8.42 Å². The molecule has 0 aliphatic heterocycles. The first-order valence-electron chi connectivity index (χ1n) is 11.9. The molecule has 0 saturated heterocycles. The topological polar surface area (TPSA) is 86.8 Å². The molecule has 3 aromatic carbocycles. The van der Waals surface area contributed by atoms with Gasteiger partial charge < -0.3 is 10.2 Å². The van der Waals surface area contributed by atoms with Crippen molar-refractivity contribution in [3.05, 3.63) is 76.3 Å². The molecule has 0 aromatic heterocycles. The molecule has 0 fully saturated rings. The van der Waals surface area contributed by atoms with E-state index < -0.39 is 28.5 Å². The SMILES string of the molecule is CC[C@@H](C)NC(=O)[C@H](C)N(Cc1ccc(Cl)c(Cl)c1)C(=O)CN(C)S(=O)(=O)c1ccc2ccccc2c1. The van der Waals surface area contributed by atoms with E-state index in [2.05, 4.69) is 5.32 Å². The van der Waals surface area contributed by atoms with Crippen molar-refractivity contribution in [2.24, 2.45) is 0 Å². The minimum Gasteiger partial charge on any atom is -0.352 e. The van der Waals surface area contributed by atoms with E-state index >= 15 is 0 Å². The molecule has 7 nitrogen and oxygen atoms in total. The molecule has 37 heavy (non-hydrogen) atoms. The third-order valence-corrected chi connectivity index (χ3v) is 8.83. The number of halogens is 2. The van der Waals surface area contributed by atoms with Crippen LogP contribution in [0.3, 0.4) is 0 Å². The number of amides is 2. The fourth-order valence-electron chi connectivity index (χ4n) is 3.76. The first-order valence-corrected chi connectivity index (χ1v) is 14.1. The monoisotopic (exact) mass is 563 g/mol. The normalized spacial score (nSPS) is 13.4. The molecule has 0 radical (unpaired) electrons. The summed E-state index contributed by atoms with van der Waals surface area (Å²) < 4.78 is 27.6. The van der Waals surface area contributed by atoms with E-state index in [1.165, 1.54) is 18.0 Å². The van der Waals surface area contributed by atoms with Crippen molar-refractivity contribution in [2.45, 2.75) is 50.7 Å². The average molecular weight is 565 g/mol. The van der Waals surface area contributed by atoms with Gasteiger partial charge in [-0.2, -0.15) is 4.31 Å². The lowest BCUT2D eigenvalue weighted by Crippen LogP contribution is -2.51. The number of nitrogens with one attached hydrogen (secondary N) is 1. The summed E-state index contributed by atoms with van der Waals surface area (Å²) in [5.41, 5.74) is 0.658. The standard InChI is InChI=1S/C27H31Cl2N3O4S/c1-5-18(2)30-27(34)19(3)32(16-20-10-13-24(28)25(29)14-20)26(33)17-31(4)37(35,36)23-12-11-21-8-6-7-9-22(21)15-23/h6-15,18-19H,5,16-17H2,1-4H3,(H,30,34)/t18-,19+/m1/s1. The second-order valence-corrected chi connectivity index (χ2v) is 11.9. The van der Waals surface area contributed by atoms with E-state index in [4.69, 9.17) is 23.2 Å². The molecule has 0 spiro atoms. The maximum absolute atomic E-state index is 13.5. The van der Waals surface area contributed by atoms with Crippen LogP contribution >= 0.6 is 23.2 Å². The summed E-state index contributed by atoms with van der Waals surface area (Å²) >= 11 is 12.2. The molecule has 2 atom stereocenters. The van der Waals surface area contributed by atoms with Gasteiger partial charge in [0.1, 0.15) is 6.04 Å². The number of likely N-dealkylation sites (N-methyl/N-ethyl adjacent to an activating group) is 1. The van der Waals surface area contributed by atoms with Crippen molar-refractivity contribution >= 4 is 55.8 Å². The van der Waals surface area contributed by atoms with Gasteiger partial charge in [0.25, 0.3) is 0 Å². The molecule has 3 aromatic rings. The number of sulfonamides is 1. The maximum atomic E-state index is 13.5. The smallest absolute Gasteiger partial charge is 0.243 e. The van der Waals surface area contributed by atoms with E-state index in [1.54, 1.807) is 37.3 Å². The lowest BCUT2D eigenvalue weighted by Gasteiger charge is -2.31. The van der Waals surface area contributed by atoms with Gasteiger partial charge in [-0.1, -0.05) is 66.5 Å². The Bertz CT molecular complexity index is 1400. The molecule has 10 heteroatoms. The van der Waals surface area contributed by atoms with Crippen LogP contribution in [0.1, 0.15) is 32.8 Å². The number of carbonyl (C=O) groups is 2. The molecule has 1 N–H and O–H groups in total. The molecule has 2 amide bonds. The van der Waals surface area contributed by atoms with Gasteiger partial charge in [0.15, 0.2) is 0 Å². The van der Waals surface area contributed by atoms with Gasteiger partial charge in [-0.15, -0.1) is 0 Å². The average Bonchev–Trinajstić information content (AvgIpc) is 2.88. The zero-order valence-corrected chi connectivity index (χ0v) is 23.6. The minimum absolute atomic E-state index is 0.0503. The summed E-state index contributed by atoms with van der Waals surface area (Å²) in [6.45, 7) is 5.04. The number of hydrogen-bond acceptors (Lipinski definition) is 4. The first-order chi connectivity index (χ1) is 17.4.